The van der Waals surface area contributed by atoms with Crippen LogP contribution in [0.1, 0.15) is 44.2 Å². The monoisotopic (exact) mass is 557 g/mol. The van der Waals surface area contributed by atoms with Crippen molar-refractivity contribution in [3.8, 4) is 0 Å². The van der Waals surface area contributed by atoms with Crippen LogP contribution in [0.4, 0.5) is 5.69 Å². The Morgan fingerprint density at radius 3 is 2.45 bits per heavy atom. The molecule has 0 spiro atoms. The molecule has 0 radical (unpaired) electrons. The molecular formula is C28H36ClN5O3S. The lowest BCUT2D eigenvalue weighted by molar-refractivity contribution is -0.121. The lowest BCUT2D eigenvalue weighted by atomic mass is 10.1. The first-order chi connectivity index (χ1) is 18.0. The minimum absolute atomic E-state index is 0.00285. The van der Waals surface area contributed by atoms with Crippen LogP contribution >= 0.6 is 23.4 Å². The summed E-state index contributed by atoms with van der Waals surface area (Å²) in [6.45, 7) is 5.62. The van der Waals surface area contributed by atoms with Gasteiger partial charge in [0.15, 0.2) is 5.37 Å². The van der Waals surface area contributed by atoms with Gasteiger partial charge in [-0.05, 0) is 69.1 Å². The maximum absolute atomic E-state index is 13.0. The highest BCUT2D eigenvalue weighted by molar-refractivity contribution is 8.15. The number of carbonyl (C=O) groups excluding carboxylic acids is 2. The Morgan fingerprint density at radius 1 is 1.16 bits per heavy atom. The summed E-state index contributed by atoms with van der Waals surface area (Å²) in [5.41, 5.74) is 8.13. The Kier molecular flexibility index (Phi) is 9.03. The van der Waals surface area contributed by atoms with Gasteiger partial charge >= 0.3 is 0 Å². The lowest BCUT2D eigenvalue weighted by Gasteiger charge is -2.26. The van der Waals surface area contributed by atoms with Crippen molar-refractivity contribution in [3.63, 3.8) is 0 Å². The highest BCUT2D eigenvalue weighted by Gasteiger charge is 2.42. The fourth-order valence-electron chi connectivity index (χ4n) is 4.61. The number of aryl methyl sites for hydroxylation is 1. The third-order valence-electron chi connectivity index (χ3n) is 6.78. The number of thioether (sulfide) groups is 1. The molecular weight excluding hydrogens is 522 g/mol. The molecule has 38 heavy (non-hydrogen) atoms. The second-order valence-corrected chi connectivity index (χ2v) is 12.3. The fourth-order valence-corrected chi connectivity index (χ4v) is 5.80. The standard InChI is InChI=1S/C28H36ClN5O3S/c1-28(2,37)14-15-32(3)17-20-6-11-22(12-7-20)33-18-23(16-25(33)35)34-27(26(30)36)38-24(31-34)13-8-19-4-9-21(29)10-5-19/h4-7,9-12,23,27,37H,8,13-18H2,1-3H3,(H2,30,36)/t23-,27?/m1/s1. The van der Waals surface area contributed by atoms with Gasteiger partial charge in [-0.15, -0.1) is 0 Å². The topological polar surface area (TPSA) is 102 Å². The second-order valence-electron chi connectivity index (χ2n) is 10.7. The Labute approximate surface area is 233 Å². The van der Waals surface area contributed by atoms with E-state index >= 15 is 0 Å². The van der Waals surface area contributed by atoms with Gasteiger partial charge in [0.1, 0.15) is 0 Å². The molecule has 0 aliphatic carbocycles. The largest absolute Gasteiger partial charge is 0.390 e. The van der Waals surface area contributed by atoms with Crippen molar-refractivity contribution in [2.24, 2.45) is 10.8 Å². The maximum Gasteiger partial charge on any atom is 0.252 e. The molecule has 1 fully saturated rings. The summed E-state index contributed by atoms with van der Waals surface area (Å²) in [6.07, 6.45) is 2.43. The van der Waals surface area contributed by atoms with E-state index in [1.165, 1.54) is 11.8 Å². The van der Waals surface area contributed by atoms with Crippen LogP contribution in [0.25, 0.3) is 0 Å². The molecule has 1 unspecified atom stereocenters. The predicted molar refractivity (Wildman–Crippen MR) is 154 cm³/mol. The minimum atomic E-state index is -0.687. The summed E-state index contributed by atoms with van der Waals surface area (Å²) in [7, 11) is 2.03. The van der Waals surface area contributed by atoms with Crippen molar-refractivity contribution in [3.05, 3.63) is 64.7 Å². The highest BCUT2D eigenvalue weighted by Crippen LogP contribution is 2.34. The quantitative estimate of drug-likeness (QED) is 0.435. The van der Waals surface area contributed by atoms with Crippen LogP contribution < -0.4 is 10.6 Å². The van der Waals surface area contributed by atoms with E-state index in [-0.39, 0.29) is 18.4 Å². The van der Waals surface area contributed by atoms with Gasteiger partial charge in [-0.2, -0.15) is 5.10 Å². The summed E-state index contributed by atoms with van der Waals surface area (Å²) in [5.74, 6) is -0.452. The van der Waals surface area contributed by atoms with Gasteiger partial charge in [-0.3, -0.25) is 14.6 Å². The van der Waals surface area contributed by atoms with Crippen molar-refractivity contribution in [1.29, 1.82) is 0 Å². The van der Waals surface area contributed by atoms with Gasteiger partial charge in [0, 0.05) is 36.8 Å². The fraction of sp³-hybridized carbons (Fsp3) is 0.464. The van der Waals surface area contributed by atoms with Crippen LogP contribution in [0.3, 0.4) is 0 Å². The number of rotatable bonds is 11. The Bertz CT molecular complexity index is 1170. The summed E-state index contributed by atoms with van der Waals surface area (Å²) in [4.78, 5) is 29.1. The van der Waals surface area contributed by atoms with Crippen LogP contribution in [0, 0.1) is 0 Å². The van der Waals surface area contributed by atoms with Crippen molar-refractivity contribution < 1.29 is 14.7 Å². The zero-order valence-corrected chi connectivity index (χ0v) is 23.7. The van der Waals surface area contributed by atoms with Gasteiger partial charge in [-0.1, -0.05) is 47.6 Å². The summed E-state index contributed by atoms with van der Waals surface area (Å²) in [6, 6.07) is 15.4. The molecule has 0 saturated carbocycles. The second kappa shape index (κ2) is 12.1. The number of amides is 2. The number of hydrogen-bond donors (Lipinski definition) is 2. The Hall–Kier alpha value is -2.59. The van der Waals surface area contributed by atoms with E-state index in [4.69, 9.17) is 22.4 Å². The number of hydrogen-bond acceptors (Lipinski definition) is 7. The zero-order chi connectivity index (χ0) is 27.4. The molecule has 2 amide bonds. The van der Waals surface area contributed by atoms with E-state index in [0.717, 1.165) is 41.4 Å². The molecule has 4 rings (SSSR count). The number of aliphatic hydroxyl groups is 1. The zero-order valence-electron chi connectivity index (χ0n) is 22.1. The van der Waals surface area contributed by atoms with Gasteiger partial charge in [-0.25, -0.2) is 0 Å². The predicted octanol–water partition coefficient (Wildman–Crippen LogP) is 3.84. The van der Waals surface area contributed by atoms with E-state index in [1.54, 1.807) is 9.91 Å². The molecule has 8 nitrogen and oxygen atoms in total. The molecule has 1 saturated heterocycles. The minimum Gasteiger partial charge on any atom is -0.390 e. The molecule has 0 bridgehead atoms. The van der Waals surface area contributed by atoms with Crippen LogP contribution in [-0.2, 0) is 22.6 Å². The van der Waals surface area contributed by atoms with Crippen LogP contribution in [0.5, 0.6) is 0 Å². The Balaban J connectivity index is 1.37. The van der Waals surface area contributed by atoms with Crippen LogP contribution in [0.15, 0.2) is 53.6 Å². The molecule has 204 valence electrons. The number of halogens is 1. The molecule has 2 aromatic carbocycles. The third kappa shape index (κ3) is 7.50. The normalized spacial score (nSPS) is 19.9. The van der Waals surface area contributed by atoms with E-state index in [1.807, 2.05) is 69.4 Å². The number of hydrazone groups is 1. The molecule has 0 aromatic heterocycles. The SMILES string of the molecule is CN(CCC(C)(C)O)Cc1ccc(N2C[C@H](N3N=C(CCc4ccc(Cl)cc4)SC3C(N)=O)CC2=O)cc1. The number of anilines is 1. The lowest BCUT2D eigenvalue weighted by Crippen LogP contribution is -2.44. The number of carbonyl (C=O) groups is 2. The first kappa shape index (κ1) is 28.4. The Morgan fingerprint density at radius 2 is 1.82 bits per heavy atom. The molecule has 10 heteroatoms. The van der Waals surface area contributed by atoms with Crippen molar-refractivity contribution >= 4 is 45.9 Å². The molecule has 2 atom stereocenters. The van der Waals surface area contributed by atoms with Crippen molar-refractivity contribution in [2.75, 3.05) is 25.0 Å². The first-order valence-electron chi connectivity index (χ1n) is 12.8. The van der Waals surface area contributed by atoms with Crippen molar-refractivity contribution in [2.45, 2.75) is 63.1 Å². The van der Waals surface area contributed by atoms with Gasteiger partial charge in [0.25, 0.3) is 5.91 Å². The number of benzene rings is 2. The molecule has 2 aliphatic heterocycles. The highest BCUT2D eigenvalue weighted by atomic mass is 35.5. The molecule has 3 N–H and O–H groups in total. The molecule has 2 heterocycles. The summed E-state index contributed by atoms with van der Waals surface area (Å²) in [5, 5.41) is 17.3. The van der Waals surface area contributed by atoms with Gasteiger partial charge in [0.05, 0.1) is 23.1 Å². The van der Waals surface area contributed by atoms with Crippen molar-refractivity contribution in [1.82, 2.24) is 9.91 Å². The molecule has 2 aromatic rings. The summed E-state index contributed by atoms with van der Waals surface area (Å²) >= 11 is 7.35. The van der Waals surface area contributed by atoms with E-state index in [9.17, 15) is 14.7 Å². The first-order valence-corrected chi connectivity index (χ1v) is 14.1. The number of nitrogens with two attached hydrogens (primary N) is 1. The van der Waals surface area contributed by atoms with Crippen LogP contribution in [0.2, 0.25) is 5.02 Å². The average Bonchev–Trinajstić information content (AvgIpc) is 3.46. The molecule has 2 aliphatic rings. The number of nitrogens with zero attached hydrogens (tertiary/aromatic N) is 4. The smallest absolute Gasteiger partial charge is 0.252 e. The summed E-state index contributed by atoms with van der Waals surface area (Å²) < 4.78 is 0. The van der Waals surface area contributed by atoms with E-state index in [2.05, 4.69) is 4.90 Å². The van der Waals surface area contributed by atoms with E-state index < -0.39 is 16.9 Å². The number of primary amides is 1. The van der Waals surface area contributed by atoms with Gasteiger partial charge < -0.3 is 20.6 Å². The van der Waals surface area contributed by atoms with E-state index in [0.29, 0.717) is 24.4 Å². The van der Waals surface area contributed by atoms with Crippen LogP contribution in [-0.4, -0.2) is 69.0 Å². The maximum atomic E-state index is 13.0. The van der Waals surface area contributed by atoms with Gasteiger partial charge in [0.2, 0.25) is 5.91 Å². The average molecular weight is 558 g/mol. The third-order valence-corrected chi connectivity index (χ3v) is 8.27.